The van der Waals surface area contributed by atoms with Crippen LogP contribution >= 0.6 is 0 Å². The Morgan fingerprint density at radius 2 is 2.17 bits per heavy atom. The molecular formula is C13H14FNO3. The molecule has 0 radical (unpaired) electrons. The third-order valence-corrected chi connectivity index (χ3v) is 3.43. The van der Waals surface area contributed by atoms with Crippen molar-refractivity contribution >= 4 is 0 Å². The largest absolute Gasteiger partial charge is 0.365 e. The number of hydrogen-bond donors (Lipinski definition) is 0. The summed E-state index contributed by atoms with van der Waals surface area (Å²) in [6.07, 6.45) is 0.896. The Morgan fingerprint density at radius 1 is 1.56 bits per heavy atom. The molecule has 0 unspecified atom stereocenters. The van der Waals surface area contributed by atoms with Gasteiger partial charge < -0.3 is 4.74 Å². The maximum atomic E-state index is 12.9. The first-order valence-electron chi connectivity index (χ1n) is 5.62. The smallest absolute Gasteiger partial charge is 0.253 e. The van der Waals surface area contributed by atoms with Crippen LogP contribution < -0.4 is 0 Å². The summed E-state index contributed by atoms with van der Waals surface area (Å²) in [5.41, 5.74) is -0.0913. The lowest BCUT2D eigenvalue weighted by molar-refractivity contribution is -0.540. The van der Waals surface area contributed by atoms with Crippen LogP contribution in [0.2, 0.25) is 0 Å². The molecule has 0 aliphatic carbocycles. The van der Waals surface area contributed by atoms with Crippen LogP contribution in [0.3, 0.4) is 0 Å². The van der Waals surface area contributed by atoms with Crippen molar-refractivity contribution in [3.8, 4) is 0 Å². The van der Waals surface area contributed by atoms with Crippen LogP contribution in [-0.2, 0) is 4.74 Å². The van der Waals surface area contributed by atoms with E-state index in [0.29, 0.717) is 5.56 Å². The lowest BCUT2D eigenvalue weighted by atomic mass is 9.81. The molecule has 2 rings (SSSR count). The van der Waals surface area contributed by atoms with Crippen LogP contribution in [0.4, 0.5) is 4.39 Å². The van der Waals surface area contributed by atoms with E-state index in [-0.39, 0.29) is 17.3 Å². The fourth-order valence-electron chi connectivity index (χ4n) is 2.25. The molecule has 1 aliphatic heterocycles. The van der Waals surface area contributed by atoms with Crippen molar-refractivity contribution in [3.63, 3.8) is 0 Å². The SMILES string of the molecule is C=C[C@@]1(C)CO[C@H](c2ccc(F)cc2)[C@H]1[N+](=O)[O-]. The number of nitrogens with zero attached hydrogens (tertiary/aromatic N) is 1. The van der Waals surface area contributed by atoms with Gasteiger partial charge in [-0.3, -0.25) is 10.1 Å². The van der Waals surface area contributed by atoms with Gasteiger partial charge in [-0.15, -0.1) is 6.58 Å². The first-order chi connectivity index (χ1) is 8.48. The first-order valence-corrected chi connectivity index (χ1v) is 5.62. The number of hydrogen-bond acceptors (Lipinski definition) is 3. The average molecular weight is 251 g/mol. The zero-order valence-corrected chi connectivity index (χ0v) is 10.0. The fourth-order valence-corrected chi connectivity index (χ4v) is 2.25. The van der Waals surface area contributed by atoms with Gasteiger partial charge >= 0.3 is 0 Å². The third kappa shape index (κ3) is 2.01. The molecule has 1 aliphatic rings. The number of halogens is 1. The molecule has 0 saturated carbocycles. The predicted molar refractivity (Wildman–Crippen MR) is 64.2 cm³/mol. The molecule has 3 atom stereocenters. The highest BCUT2D eigenvalue weighted by molar-refractivity contribution is 5.23. The van der Waals surface area contributed by atoms with Crippen LogP contribution in [-0.4, -0.2) is 17.6 Å². The summed E-state index contributed by atoms with van der Waals surface area (Å²) in [5, 5.41) is 11.2. The maximum Gasteiger partial charge on any atom is 0.253 e. The zero-order chi connectivity index (χ0) is 13.3. The molecule has 18 heavy (non-hydrogen) atoms. The van der Waals surface area contributed by atoms with Crippen molar-refractivity contribution in [2.45, 2.75) is 19.1 Å². The van der Waals surface area contributed by atoms with E-state index in [0.717, 1.165) is 0 Å². The molecule has 0 bridgehead atoms. The second kappa shape index (κ2) is 4.49. The van der Waals surface area contributed by atoms with Crippen LogP contribution in [0.25, 0.3) is 0 Å². The molecule has 1 heterocycles. The maximum absolute atomic E-state index is 12.9. The Morgan fingerprint density at radius 3 is 2.67 bits per heavy atom. The van der Waals surface area contributed by atoms with E-state index in [9.17, 15) is 14.5 Å². The molecule has 1 saturated heterocycles. The predicted octanol–water partition coefficient (Wildman–Crippen LogP) is 2.73. The molecule has 1 aromatic rings. The van der Waals surface area contributed by atoms with Crippen molar-refractivity contribution in [2.75, 3.05) is 6.61 Å². The van der Waals surface area contributed by atoms with Crippen molar-refractivity contribution in [1.29, 1.82) is 0 Å². The molecule has 0 aromatic heterocycles. The molecule has 1 fully saturated rings. The van der Waals surface area contributed by atoms with Gasteiger partial charge in [-0.25, -0.2) is 4.39 Å². The Labute approximate surface area is 104 Å². The molecule has 96 valence electrons. The minimum Gasteiger partial charge on any atom is -0.365 e. The van der Waals surface area contributed by atoms with E-state index >= 15 is 0 Å². The normalized spacial score (nSPS) is 31.2. The van der Waals surface area contributed by atoms with Gasteiger partial charge in [-0.2, -0.15) is 0 Å². The second-order valence-electron chi connectivity index (χ2n) is 4.72. The Kier molecular flexibility index (Phi) is 3.17. The van der Waals surface area contributed by atoms with Gasteiger partial charge in [-0.05, 0) is 24.6 Å². The van der Waals surface area contributed by atoms with E-state index in [2.05, 4.69) is 6.58 Å². The first kappa shape index (κ1) is 12.7. The number of benzene rings is 1. The summed E-state index contributed by atoms with van der Waals surface area (Å²) < 4.78 is 18.4. The number of nitro groups is 1. The molecule has 5 heteroatoms. The van der Waals surface area contributed by atoms with Crippen molar-refractivity contribution in [3.05, 3.63) is 58.4 Å². The van der Waals surface area contributed by atoms with Crippen LogP contribution in [0.1, 0.15) is 18.6 Å². The molecule has 0 spiro atoms. The van der Waals surface area contributed by atoms with Gasteiger partial charge in [0.25, 0.3) is 6.04 Å². The fraction of sp³-hybridized carbons (Fsp3) is 0.385. The van der Waals surface area contributed by atoms with Crippen LogP contribution in [0.15, 0.2) is 36.9 Å². The highest BCUT2D eigenvalue weighted by Gasteiger charge is 2.53. The number of ether oxygens (including phenoxy) is 1. The summed E-state index contributed by atoms with van der Waals surface area (Å²) in [4.78, 5) is 10.9. The van der Waals surface area contributed by atoms with Gasteiger partial charge in [0.1, 0.15) is 5.82 Å². The Balaban J connectivity index is 2.36. The van der Waals surface area contributed by atoms with Crippen molar-refractivity contribution < 1.29 is 14.1 Å². The molecule has 0 amide bonds. The minimum absolute atomic E-state index is 0.240. The van der Waals surface area contributed by atoms with E-state index in [1.54, 1.807) is 13.0 Å². The molecule has 1 aromatic carbocycles. The summed E-state index contributed by atoms with van der Waals surface area (Å²) in [6, 6.07) is 4.69. The van der Waals surface area contributed by atoms with E-state index in [4.69, 9.17) is 4.74 Å². The van der Waals surface area contributed by atoms with Gasteiger partial charge in [0.2, 0.25) is 0 Å². The van der Waals surface area contributed by atoms with Crippen molar-refractivity contribution in [2.24, 2.45) is 5.41 Å². The average Bonchev–Trinajstić information content (AvgIpc) is 2.69. The molecule has 0 N–H and O–H groups in total. The van der Waals surface area contributed by atoms with E-state index in [1.807, 2.05) is 0 Å². The molecule has 4 nitrogen and oxygen atoms in total. The number of rotatable bonds is 3. The molecular weight excluding hydrogens is 237 g/mol. The van der Waals surface area contributed by atoms with E-state index in [1.165, 1.54) is 24.3 Å². The van der Waals surface area contributed by atoms with Gasteiger partial charge in [0.15, 0.2) is 6.10 Å². The standard InChI is InChI=1S/C13H14FNO3/c1-3-13(2)8-18-11(12(13)15(16)17)9-4-6-10(14)7-5-9/h3-7,11-12H,1,8H2,2H3/t11-,12-,13+/m1/s1. The van der Waals surface area contributed by atoms with Crippen LogP contribution in [0, 0.1) is 21.3 Å². The summed E-state index contributed by atoms with van der Waals surface area (Å²) in [6.45, 7) is 5.63. The van der Waals surface area contributed by atoms with Gasteiger partial charge in [0, 0.05) is 4.92 Å². The third-order valence-electron chi connectivity index (χ3n) is 3.43. The minimum atomic E-state index is -0.902. The van der Waals surface area contributed by atoms with Crippen molar-refractivity contribution in [1.82, 2.24) is 0 Å². The quantitative estimate of drug-likeness (QED) is 0.471. The summed E-state index contributed by atoms with van der Waals surface area (Å²) in [5.74, 6) is -0.374. The lowest BCUT2D eigenvalue weighted by Crippen LogP contribution is -2.36. The summed E-state index contributed by atoms with van der Waals surface area (Å²) >= 11 is 0. The Bertz CT molecular complexity index is 474. The van der Waals surface area contributed by atoms with Gasteiger partial charge in [-0.1, -0.05) is 18.2 Å². The van der Waals surface area contributed by atoms with Crippen LogP contribution in [0.5, 0.6) is 0 Å². The Hall–Kier alpha value is -1.75. The van der Waals surface area contributed by atoms with E-state index < -0.39 is 17.6 Å². The topological polar surface area (TPSA) is 52.4 Å². The summed E-state index contributed by atoms with van der Waals surface area (Å²) in [7, 11) is 0. The second-order valence-corrected chi connectivity index (χ2v) is 4.72. The zero-order valence-electron chi connectivity index (χ0n) is 10.0. The van der Waals surface area contributed by atoms with Gasteiger partial charge in [0.05, 0.1) is 12.0 Å². The highest BCUT2D eigenvalue weighted by atomic mass is 19.1. The lowest BCUT2D eigenvalue weighted by Gasteiger charge is -2.21. The monoisotopic (exact) mass is 251 g/mol. The highest BCUT2D eigenvalue weighted by Crippen LogP contribution is 2.43.